The Morgan fingerprint density at radius 1 is 1.12 bits per heavy atom. The van der Waals surface area contributed by atoms with Crippen molar-refractivity contribution < 1.29 is 32.6 Å². The molecule has 0 spiro atoms. The Kier molecular flexibility index (Phi) is 16.5. The maximum atomic E-state index is 13.4. The number of piperazine rings is 1. The lowest BCUT2D eigenvalue weighted by atomic mass is 10.1. The number of carbonyl (C=O) groups excluding carboxylic acids is 2. The number of alkyl halides is 3. The molecule has 2 aliphatic rings. The summed E-state index contributed by atoms with van der Waals surface area (Å²) in [6.45, 7) is 7.80. The van der Waals surface area contributed by atoms with Gasteiger partial charge in [0.1, 0.15) is 36.1 Å². The SMILES string of the molecule is CCc1ncnc(C2=CCOCC2)[nH]n(CC=O)c(=O)c1N1CCN(C)CC1.CNc1ccc(SC(F)(F)F)cc1Cl.Cc1ncnc(C=O)c1O. The second-order valence-electron chi connectivity index (χ2n) is 11.2. The van der Waals surface area contributed by atoms with Crippen molar-refractivity contribution >= 4 is 52.9 Å². The Hall–Kier alpha value is -4.52. The lowest BCUT2D eigenvalue weighted by Gasteiger charge is -2.33. The van der Waals surface area contributed by atoms with Crippen LogP contribution in [-0.4, -0.2) is 111 Å². The first kappa shape index (κ1) is 41.9. The molecule has 52 heavy (non-hydrogen) atoms. The van der Waals surface area contributed by atoms with Crippen molar-refractivity contribution in [3.05, 3.63) is 75.2 Å². The monoisotopic (exact) mass is 767 g/mol. The summed E-state index contributed by atoms with van der Waals surface area (Å²) in [7, 11) is 3.72. The van der Waals surface area contributed by atoms with Crippen molar-refractivity contribution in [3.63, 3.8) is 0 Å². The molecule has 3 aromatic rings. The smallest absolute Gasteiger partial charge is 0.446 e. The van der Waals surface area contributed by atoms with Gasteiger partial charge in [0.05, 0.1) is 41.9 Å². The van der Waals surface area contributed by atoms with Crippen LogP contribution in [-0.2, 0) is 22.5 Å². The van der Waals surface area contributed by atoms with Crippen LogP contribution in [0, 0.1) is 6.92 Å². The topological polar surface area (TPSA) is 171 Å². The van der Waals surface area contributed by atoms with Gasteiger partial charge in [-0.25, -0.2) is 24.6 Å². The van der Waals surface area contributed by atoms with E-state index < -0.39 is 5.51 Å². The van der Waals surface area contributed by atoms with Crippen LogP contribution >= 0.6 is 23.4 Å². The Labute approximate surface area is 307 Å². The quantitative estimate of drug-likeness (QED) is 0.213. The minimum absolute atomic E-state index is 0.0347. The van der Waals surface area contributed by atoms with Gasteiger partial charge in [0.25, 0.3) is 5.56 Å². The zero-order chi connectivity index (χ0) is 38.3. The first-order chi connectivity index (χ1) is 24.8. The van der Waals surface area contributed by atoms with Gasteiger partial charge in [0, 0.05) is 38.1 Å². The van der Waals surface area contributed by atoms with Gasteiger partial charge in [-0.3, -0.25) is 14.7 Å². The Bertz CT molecular complexity index is 1810. The van der Waals surface area contributed by atoms with E-state index in [0.717, 1.165) is 31.8 Å². The number of aldehydes is 2. The van der Waals surface area contributed by atoms with Crippen LogP contribution in [0.25, 0.3) is 5.57 Å². The number of hydrogen-bond donors (Lipinski definition) is 3. The summed E-state index contributed by atoms with van der Waals surface area (Å²) in [5, 5.41) is 15.1. The number of nitrogens with zero attached hydrogens (tertiary/aromatic N) is 7. The third-order valence-corrected chi connectivity index (χ3v) is 8.66. The van der Waals surface area contributed by atoms with E-state index in [9.17, 15) is 27.6 Å². The summed E-state index contributed by atoms with van der Waals surface area (Å²) >= 11 is 5.54. The number of halogens is 4. The third kappa shape index (κ3) is 12.6. The average molecular weight is 768 g/mol. The largest absolute Gasteiger partial charge is 0.504 e. The first-order valence-electron chi connectivity index (χ1n) is 16.1. The summed E-state index contributed by atoms with van der Waals surface area (Å²) in [4.78, 5) is 55.4. The number of anilines is 2. The van der Waals surface area contributed by atoms with E-state index in [1.807, 2.05) is 13.0 Å². The molecule has 1 aromatic carbocycles. The molecule has 1 saturated heterocycles. The van der Waals surface area contributed by atoms with E-state index in [1.165, 1.54) is 35.5 Å². The van der Waals surface area contributed by atoms with Crippen molar-refractivity contribution in [2.24, 2.45) is 0 Å². The summed E-state index contributed by atoms with van der Waals surface area (Å²) in [5.74, 6) is 0.384. The van der Waals surface area contributed by atoms with Gasteiger partial charge < -0.3 is 29.8 Å². The van der Waals surface area contributed by atoms with E-state index in [4.69, 9.17) is 21.4 Å². The fraction of sp³-hybridized carbons (Fsp3) is 0.424. The number of aromatic amines is 1. The molecular formula is C33H41ClF3N9O5S. The van der Waals surface area contributed by atoms with Gasteiger partial charge in [-0.1, -0.05) is 24.6 Å². The summed E-state index contributed by atoms with van der Waals surface area (Å²) in [5.41, 5.74) is -1.31. The minimum atomic E-state index is -4.27. The van der Waals surface area contributed by atoms with Crippen molar-refractivity contribution in [2.45, 2.75) is 43.6 Å². The van der Waals surface area contributed by atoms with Gasteiger partial charge in [-0.15, -0.1) is 0 Å². The molecule has 14 nitrogen and oxygen atoms in total. The molecule has 4 heterocycles. The average Bonchev–Trinajstić information content (AvgIpc) is 3.18. The van der Waals surface area contributed by atoms with Gasteiger partial charge in [-0.2, -0.15) is 13.2 Å². The van der Waals surface area contributed by atoms with Gasteiger partial charge >= 0.3 is 5.51 Å². The number of hydrogen-bond acceptors (Lipinski definition) is 13. The van der Waals surface area contributed by atoms with E-state index in [0.29, 0.717) is 67.2 Å². The van der Waals surface area contributed by atoms with Crippen molar-refractivity contribution in [3.8, 4) is 5.75 Å². The number of aryl methyl sites for hydroxylation is 2. The summed E-state index contributed by atoms with van der Waals surface area (Å²) in [6, 6.07) is 4.16. The van der Waals surface area contributed by atoms with Crippen molar-refractivity contribution in [1.82, 2.24) is 34.6 Å². The molecule has 2 aromatic heterocycles. The number of benzene rings is 1. The van der Waals surface area contributed by atoms with Crippen LogP contribution in [0.15, 0.2) is 46.6 Å². The molecule has 0 unspecified atom stereocenters. The first-order valence-corrected chi connectivity index (χ1v) is 17.3. The summed E-state index contributed by atoms with van der Waals surface area (Å²) in [6.07, 6.45) is 7.14. The summed E-state index contributed by atoms with van der Waals surface area (Å²) < 4.78 is 42.6. The van der Waals surface area contributed by atoms with E-state index in [2.05, 4.69) is 47.2 Å². The second kappa shape index (κ2) is 20.5. The molecule has 0 amide bonds. The zero-order valence-corrected chi connectivity index (χ0v) is 30.7. The molecule has 282 valence electrons. The van der Waals surface area contributed by atoms with E-state index in [-0.39, 0.29) is 45.2 Å². The van der Waals surface area contributed by atoms with Gasteiger partial charge in [0.2, 0.25) is 0 Å². The number of nitrogens with one attached hydrogen (secondary N) is 2. The normalized spacial score (nSPS) is 14.5. The Morgan fingerprint density at radius 2 is 1.83 bits per heavy atom. The maximum Gasteiger partial charge on any atom is 0.446 e. The number of H-pyrrole nitrogens is 1. The number of aromatic hydroxyl groups is 1. The predicted molar refractivity (Wildman–Crippen MR) is 194 cm³/mol. The highest BCUT2D eigenvalue weighted by Crippen LogP contribution is 2.38. The van der Waals surface area contributed by atoms with Crippen LogP contribution in [0.1, 0.15) is 41.0 Å². The second-order valence-corrected chi connectivity index (χ2v) is 12.7. The number of likely N-dealkylation sites (N-methyl/N-ethyl adjacent to an activating group) is 1. The van der Waals surface area contributed by atoms with Crippen molar-refractivity contribution in [2.75, 3.05) is 63.7 Å². The van der Waals surface area contributed by atoms with E-state index in [1.54, 1.807) is 14.0 Å². The lowest BCUT2D eigenvalue weighted by Crippen LogP contribution is -2.47. The van der Waals surface area contributed by atoms with E-state index >= 15 is 0 Å². The molecule has 0 saturated carbocycles. The highest BCUT2D eigenvalue weighted by molar-refractivity contribution is 8.00. The zero-order valence-electron chi connectivity index (χ0n) is 29.1. The fourth-order valence-corrected chi connectivity index (χ4v) is 5.77. The van der Waals surface area contributed by atoms with Crippen LogP contribution in [0.4, 0.5) is 24.5 Å². The molecule has 0 aliphatic carbocycles. The maximum absolute atomic E-state index is 13.4. The third-order valence-electron chi connectivity index (χ3n) is 7.63. The van der Waals surface area contributed by atoms with Crippen LogP contribution in [0.5, 0.6) is 5.75 Å². The Morgan fingerprint density at radius 3 is 2.38 bits per heavy atom. The lowest BCUT2D eigenvalue weighted by molar-refractivity contribution is -0.108. The molecule has 19 heteroatoms. The number of carbonyl (C=O) groups is 2. The molecule has 5 rings (SSSR count). The molecule has 0 radical (unpaired) electrons. The van der Waals surface area contributed by atoms with Gasteiger partial charge in [0.15, 0.2) is 12.0 Å². The van der Waals surface area contributed by atoms with Gasteiger partial charge in [-0.05, 0) is 62.3 Å². The van der Waals surface area contributed by atoms with Crippen LogP contribution < -0.4 is 15.8 Å². The fourth-order valence-electron chi connectivity index (χ4n) is 4.85. The van der Waals surface area contributed by atoms with Crippen LogP contribution in [0.2, 0.25) is 5.02 Å². The molecule has 0 bridgehead atoms. The van der Waals surface area contributed by atoms with Crippen LogP contribution in [0.3, 0.4) is 0 Å². The number of ether oxygens (including phenoxy) is 1. The molecule has 0 atom stereocenters. The molecule has 2 aliphatic heterocycles. The molecular weight excluding hydrogens is 727 g/mol. The number of aromatic nitrogens is 6. The highest BCUT2D eigenvalue weighted by atomic mass is 35.5. The minimum Gasteiger partial charge on any atom is -0.504 e. The number of thioether (sulfide) groups is 1. The predicted octanol–water partition coefficient (Wildman–Crippen LogP) is 4.70. The molecule has 3 N–H and O–H groups in total. The molecule has 1 fully saturated rings. The van der Waals surface area contributed by atoms with Crippen molar-refractivity contribution in [1.29, 1.82) is 0 Å². The number of rotatable bonds is 8. The standard InChI is InChI=1S/C19H28N6O3.C8H7ClF3NS.C6H6N2O2/c1-3-16-17(24-8-6-23(2)7-9-24)19(27)25(10-11-26)22-18(21-14-20-16)15-4-12-28-13-5-15;1-13-7-3-2-5(4-6(7)9)14-8(10,11)12;1-4-6(10)5(2-9)8-3-7-4/h4,11,14H,3,5-10,12-13H2,1-2H3,(H,20,21,22);2-4,13H,1H3;2-3,10H,1H3. The highest BCUT2D eigenvalue weighted by Gasteiger charge is 2.29. The Balaban J connectivity index is 0.000000251.